The molecule has 1 aromatic rings. The van der Waals surface area contributed by atoms with E-state index >= 15 is 0 Å². The molecule has 1 aromatic carbocycles. The minimum absolute atomic E-state index is 0.190. The van der Waals surface area contributed by atoms with Gasteiger partial charge in [-0.25, -0.2) is 4.39 Å². The Morgan fingerprint density at radius 1 is 1.27 bits per heavy atom. The molecular weight excluding hydrogens is 195 g/mol. The van der Waals surface area contributed by atoms with Gasteiger partial charge in [0.25, 0.3) is 0 Å². The molecule has 3 heteroatoms. The van der Waals surface area contributed by atoms with Crippen LogP contribution in [0.5, 0.6) is 11.5 Å². The van der Waals surface area contributed by atoms with Crippen molar-refractivity contribution in [2.75, 3.05) is 6.61 Å². The van der Waals surface area contributed by atoms with Gasteiger partial charge in [0.15, 0.2) is 17.3 Å². The summed E-state index contributed by atoms with van der Waals surface area (Å²) in [5.74, 6) is 0.248. The Morgan fingerprint density at radius 2 is 1.93 bits per heavy atom. The van der Waals surface area contributed by atoms with Crippen LogP contribution in [-0.4, -0.2) is 12.2 Å². The van der Waals surface area contributed by atoms with Crippen molar-refractivity contribution in [1.29, 1.82) is 0 Å². The third-order valence-electron chi connectivity index (χ3n) is 1.64. The quantitative estimate of drug-likeness (QED) is 0.764. The molecule has 0 spiro atoms. The zero-order chi connectivity index (χ0) is 11.5. The predicted molar refractivity (Wildman–Crippen MR) is 58.0 cm³/mol. The van der Waals surface area contributed by atoms with Crippen LogP contribution in [0.3, 0.4) is 0 Å². The third-order valence-corrected chi connectivity index (χ3v) is 1.64. The van der Waals surface area contributed by atoms with E-state index in [0.717, 1.165) is 0 Å². The maximum absolute atomic E-state index is 13.4. The minimum Gasteiger partial charge on any atom is -0.487 e. The first-order chi connectivity index (χ1) is 6.94. The Kier molecular flexibility index (Phi) is 3.56. The van der Waals surface area contributed by atoms with Crippen molar-refractivity contribution in [3.05, 3.63) is 24.0 Å². The number of hydrogen-bond acceptors (Lipinski definition) is 2. The van der Waals surface area contributed by atoms with Crippen LogP contribution in [0.15, 0.2) is 18.2 Å². The fourth-order valence-corrected chi connectivity index (χ4v) is 1.18. The predicted octanol–water partition coefficient (Wildman–Crippen LogP) is 3.40. The lowest BCUT2D eigenvalue weighted by Gasteiger charge is -2.23. The highest BCUT2D eigenvalue weighted by atomic mass is 19.1. The van der Waals surface area contributed by atoms with Crippen molar-refractivity contribution in [3.63, 3.8) is 0 Å². The Balaban J connectivity index is 3.00. The van der Waals surface area contributed by atoms with Gasteiger partial charge in [0, 0.05) is 0 Å². The van der Waals surface area contributed by atoms with Gasteiger partial charge in [-0.2, -0.15) is 0 Å². The van der Waals surface area contributed by atoms with Gasteiger partial charge in [0.1, 0.15) is 5.60 Å². The monoisotopic (exact) mass is 212 g/mol. The number of ether oxygens (including phenoxy) is 2. The van der Waals surface area contributed by atoms with Crippen LogP contribution in [0.2, 0.25) is 0 Å². The van der Waals surface area contributed by atoms with Crippen LogP contribution in [-0.2, 0) is 0 Å². The van der Waals surface area contributed by atoms with E-state index in [1.807, 2.05) is 27.7 Å². The number of hydrogen-bond donors (Lipinski definition) is 0. The van der Waals surface area contributed by atoms with E-state index in [1.54, 1.807) is 12.1 Å². The largest absolute Gasteiger partial charge is 0.487 e. The molecule has 0 fully saturated rings. The highest BCUT2D eigenvalue weighted by Crippen LogP contribution is 2.32. The van der Waals surface area contributed by atoms with E-state index in [-0.39, 0.29) is 11.4 Å². The molecule has 0 heterocycles. The lowest BCUT2D eigenvalue weighted by Crippen LogP contribution is -2.23. The zero-order valence-electron chi connectivity index (χ0n) is 9.63. The maximum atomic E-state index is 13.4. The average Bonchev–Trinajstić information content (AvgIpc) is 2.08. The summed E-state index contributed by atoms with van der Waals surface area (Å²) in [7, 11) is 0. The van der Waals surface area contributed by atoms with Crippen LogP contribution >= 0.6 is 0 Å². The van der Waals surface area contributed by atoms with Crippen LogP contribution < -0.4 is 9.47 Å². The minimum atomic E-state index is -0.390. The van der Waals surface area contributed by atoms with E-state index in [1.165, 1.54) is 6.07 Å². The Bertz CT molecular complexity index is 329. The summed E-state index contributed by atoms with van der Waals surface area (Å²) < 4.78 is 24.2. The molecule has 0 aliphatic rings. The second-order valence-electron chi connectivity index (χ2n) is 4.21. The van der Waals surface area contributed by atoms with Gasteiger partial charge in [-0.3, -0.25) is 0 Å². The van der Waals surface area contributed by atoms with Gasteiger partial charge in [-0.15, -0.1) is 0 Å². The fourth-order valence-electron chi connectivity index (χ4n) is 1.18. The summed E-state index contributed by atoms with van der Waals surface area (Å²) >= 11 is 0. The van der Waals surface area contributed by atoms with Crippen molar-refractivity contribution in [1.82, 2.24) is 0 Å². The Hall–Kier alpha value is -1.25. The van der Waals surface area contributed by atoms with Crippen LogP contribution in [0.1, 0.15) is 27.7 Å². The molecule has 0 aliphatic heterocycles. The zero-order valence-corrected chi connectivity index (χ0v) is 9.63. The van der Waals surface area contributed by atoms with Gasteiger partial charge in [0.05, 0.1) is 6.61 Å². The average molecular weight is 212 g/mol. The summed E-state index contributed by atoms with van der Waals surface area (Å²) in [6.45, 7) is 7.96. The van der Waals surface area contributed by atoms with Gasteiger partial charge in [0.2, 0.25) is 0 Å². The van der Waals surface area contributed by atoms with Gasteiger partial charge >= 0.3 is 0 Å². The van der Waals surface area contributed by atoms with Crippen molar-refractivity contribution < 1.29 is 13.9 Å². The normalized spacial score (nSPS) is 11.3. The van der Waals surface area contributed by atoms with Gasteiger partial charge < -0.3 is 9.47 Å². The second kappa shape index (κ2) is 4.51. The molecule has 0 saturated carbocycles. The Labute approximate surface area is 90.0 Å². The molecule has 0 bridgehead atoms. The lowest BCUT2D eigenvalue weighted by atomic mass is 10.2. The van der Waals surface area contributed by atoms with Gasteiger partial charge in [-0.1, -0.05) is 6.07 Å². The second-order valence-corrected chi connectivity index (χ2v) is 4.21. The molecule has 2 nitrogen and oxygen atoms in total. The molecule has 0 N–H and O–H groups in total. The first-order valence-electron chi connectivity index (χ1n) is 5.04. The van der Waals surface area contributed by atoms with Crippen molar-refractivity contribution in [2.24, 2.45) is 0 Å². The third kappa shape index (κ3) is 3.42. The van der Waals surface area contributed by atoms with Crippen molar-refractivity contribution >= 4 is 0 Å². The SMILES string of the molecule is CCOc1c(F)cccc1OC(C)(C)C. The molecule has 84 valence electrons. The molecule has 0 unspecified atom stereocenters. The first kappa shape index (κ1) is 11.8. The number of halogens is 1. The highest BCUT2D eigenvalue weighted by Gasteiger charge is 2.17. The number of rotatable bonds is 3. The number of benzene rings is 1. The van der Waals surface area contributed by atoms with E-state index in [0.29, 0.717) is 12.4 Å². The van der Waals surface area contributed by atoms with Crippen LogP contribution in [0, 0.1) is 5.82 Å². The summed E-state index contributed by atoms with van der Waals surface area (Å²) in [5, 5.41) is 0. The Morgan fingerprint density at radius 3 is 2.47 bits per heavy atom. The number of para-hydroxylation sites is 1. The molecule has 0 aromatic heterocycles. The van der Waals surface area contributed by atoms with E-state index in [4.69, 9.17) is 9.47 Å². The van der Waals surface area contributed by atoms with Crippen LogP contribution in [0.4, 0.5) is 4.39 Å². The first-order valence-corrected chi connectivity index (χ1v) is 5.04. The summed E-state index contributed by atoms with van der Waals surface area (Å²) in [6, 6.07) is 4.68. The standard InChI is InChI=1S/C12H17FO2/c1-5-14-11-9(13)7-6-8-10(11)15-12(2,3)4/h6-8H,5H2,1-4H3. The summed E-state index contributed by atoms with van der Waals surface area (Å²) in [5.41, 5.74) is -0.361. The lowest BCUT2D eigenvalue weighted by molar-refractivity contribution is 0.122. The van der Waals surface area contributed by atoms with Crippen LogP contribution in [0.25, 0.3) is 0 Å². The molecule has 0 saturated heterocycles. The molecule has 0 amide bonds. The molecule has 0 atom stereocenters. The van der Waals surface area contributed by atoms with Crippen molar-refractivity contribution in [2.45, 2.75) is 33.3 Å². The molecule has 1 rings (SSSR count). The molecule has 15 heavy (non-hydrogen) atoms. The molecule has 0 aliphatic carbocycles. The smallest absolute Gasteiger partial charge is 0.197 e. The summed E-state index contributed by atoms with van der Waals surface area (Å²) in [6.07, 6.45) is 0. The van der Waals surface area contributed by atoms with Gasteiger partial charge in [-0.05, 0) is 39.8 Å². The highest BCUT2D eigenvalue weighted by molar-refractivity contribution is 5.41. The summed E-state index contributed by atoms with van der Waals surface area (Å²) in [4.78, 5) is 0. The van der Waals surface area contributed by atoms with E-state index < -0.39 is 5.82 Å². The fraction of sp³-hybridized carbons (Fsp3) is 0.500. The molecule has 0 radical (unpaired) electrons. The topological polar surface area (TPSA) is 18.5 Å². The maximum Gasteiger partial charge on any atom is 0.197 e. The van der Waals surface area contributed by atoms with E-state index in [2.05, 4.69) is 0 Å². The van der Waals surface area contributed by atoms with E-state index in [9.17, 15) is 4.39 Å². The van der Waals surface area contributed by atoms with Crippen molar-refractivity contribution in [3.8, 4) is 11.5 Å². The molecular formula is C12H17FO2.